The fourth-order valence-corrected chi connectivity index (χ4v) is 4.79. The summed E-state index contributed by atoms with van der Waals surface area (Å²) >= 11 is 1.43. The molecule has 0 unspecified atom stereocenters. The molecule has 10 heteroatoms. The molecule has 1 aliphatic carbocycles. The number of nitrogens with one attached hydrogen (secondary N) is 3. The summed E-state index contributed by atoms with van der Waals surface area (Å²) in [4.78, 5) is 42.1. The predicted octanol–water partition coefficient (Wildman–Crippen LogP) is 3.31. The molecule has 3 N–H and O–H groups in total. The van der Waals surface area contributed by atoms with Crippen LogP contribution < -0.4 is 16.2 Å². The van der Waals surface area contributed by atoms with Crippen molar-refractivity contribution in [3.63, 3.8) is 0 Å². The van der Waals surface area contributed by atoms with Gasteiger partial charge in [-0.2, -0.15) is 0 Å². The third kappa shape index (κ3) is 6.95. The first-order valence-electron chi connectivity index (χ1n) is 11.0. The number of nitrogens with zero attached hydrogens (tertiary/aromatic N) is 2. The minimum Gasteiger partial charge on any atom is -0.449 e. The Morgan fingerprint density at radius 3 is 2.74 bits per heavy atom. The van der Waals surface area contributed by atoms with Crippen LogP contribution >= 0.6 is 11.3 Å². The zero-order chi connectivity index (χ0) is 22.1. The highest BCUT2D eigenvalue weighted by molar-refractivity contribution is 7.09. The van der Waals surface area contributed by atoms with E-state index in [4.69, 9.17) is 4.74 Å². The standard InChI is InChI=1S/C21H31N5O4S/c1-2-30-21(29)25-24-18(27)17-14-31-19(23-17)16-9-12-26(13-10-16)20(28)22-11-8-15-6-4-3-5-7-15/h6,14,16H,2-5,7-13H2,1H3,(H,22,28)(H,24,27)(H,25,29). The number of hydrogen-bond acceptors (Lipinski definition) is 6. The highest BCUT2D eigenvalue weighted by Crippen LogP contribution is 2.30. The fraction of sp³-hybridized carbons (Fsp3) is 0.619. The van der Waals surface area contributed by atoms with Crippen LogP contribution in [0, 0.1) is 0 Å². The Kier molecular flexibility index (Phi) is 8.69. The summed E-state index contributed by atoms with van der Waals surface area (Å²) in [6, 6.07) is -0.000829. The number of allylic oxidation sites excluding steroid dienone is 1. The molecular weight excluding hydrogens is 418 g/mol. The van der Waals surface area contributed by atoms with Gasteiger partial charge in [-0.3, -0.25) is 10.2 Å². The first-order valence-corrected chi connectivity index (χ1v) is 11.8. The minimum atomic E-state index is -0.715. The summed E-state index contributed by atoms with van der Waals surface area (Å²) in [6.45, 7) is 3.93. The molecule has 0 saturated carbocycles. The molecule has 0 radical (unpaired) electrons. The van der Waals surface area contributed by atoms with Crippen molar-refractivity contribution in [1.29, 1.82) is 0 Å². The monoisotopic (exact) mass is 449 g/mol. The quantitative estimate of drug-likeness (QED) is 0.456. The lowest BCUT2D eigenvalue weighted by molar-refractivity contribution is 0.0908. The van der Waals surface area contributed by atoms with Crippen molar-refractivity contribution in [2.75, 3.05) is 26.2 Å². The van der Waals surface area contributed by atoms with E-state index >= 15 is 0 Å². The number of carbonyl (C=O) groups excluding carboxylic acids is 3. The van der Waals surface area contributed by atoms with Crippen molar-refractivity contribution >= 4 is 29.4 Å². The molecule has 2 heterocycles. The van der Waals surface area contributed by atoms with Crippen molar-refractivity contribution < 1.29 is 19.1 Å². The number of hydrogen-bond donors (Lipinski definition) is 3. The number of likely N-dealkylation sites (tertiary alicyclic amines) is 1. The van der Waals surface area contributed by atoms with Crippen LogP contribution in [0.4, 0.5) is 9.59 Å². The number of thiazole rings is 1. The maximum absolute atomic E-state index is 12.4. The van der Waals surface area contributed by atoms with Crippen LogP contribution in [0.1, 0.15) is 73.3 Å². The summed E-state index contributed by atoms with van der Waals surface area (Å²) in [5, 5.41) is 5.60. The van der Waals surface area contributed by atoms with Gasteiger partial charge in [-0.15, -0.1) is 11.3 Å². The Labute approximate surface area is 186 Å². The highest BCUT2D eigenvalue weighted by atomic mass is 32.1. The van der Waals surface area contributed by atoms with Gasteiger partial charge < -0.3 is 15.0 Å². The van der Waals surface area contributed by atoms with Gasteiger partial charge in [0.25, 0.3) is 5.91 Å². The van der Waals surface area contributed by atoms with E-state index in [1.807, 2.05) is 4.90 Å². The van der Waals surface area contributed by atoms with E-state index in [2.05, 4.69) is 27.2 Å². The number of carbonyl (C=O) groups is 3. The van der Waals surface area contributed by atoms with E-state index < -0.39 is 12.0 Å². The van der Waals surface area contributed by atoms with E-state index in [0.717, 1.165) is 30.7 Å². The van der Waals surface area contributed by atoms with E-state index in [-0.39, 0.29) is 24.2 Å². The largest absolute Gasteiger partial charge is 0.449 e. The number of amides is 4. The van der Waals surface area contributed by atoms with Gasteiger partial charge in [-0.25, -0.2) is 20.0 Å². The molecule has 3 rings (SSSR count). The molecule has 1 aliphatic heterocycles. The number of piperidine rings is 1. The maximum Gasteiger partial charge on any atom is 0.426 e. The normalized spacial score (nSPS) is 16.9. The average Bonchev–Trinajstić information content (AvgIpc) is 3.29. The molecule has 31 heavy (non-hydrogen) atoms. The lowest BCUT2D eigenvalue weighted by atomic mass is 9.97. The molecule has 170 valence electrons. The third-order valence-electron chi connectivity index (χ3n) is 5.55. The second-order valence-electron chi connectivity index (χ2n) is 7.72. The minimum absolute atomic E-state index is 0.000829. The molecule has 1 aromatic rings. The smallest absolute Gasteiger partial charge is 0.426 e. The van der Waals surface area contributed by atoms with Gasteiger partial charge in [0.15, 0.2) is 0 Å². The van der Waals surface area contributed by atoms with Crippen LogP contribution in [0.3, 0.4) is 0 Å². The molecule has 0 bridgehead atoms. The molecule has 1 aromatic heterocycles. The zero-order valence-corrected chi connectivity index (χ0v) is 18.8. The van der Waals surface area contributed by atoms with E-state index in [9.17, 15) is 14.4 Å². The Morgan fingerprint density at radius 2 is 2.03 bits per heavy atom. The average molecular weight is 450 g/mol. The summed E-state index contributed by atoms with van der Waals surface area (Å²) in [7, 11) is 0. The molecule has 0 atom stereocenters. The van der Waals surface area contributed by atoms with Crippen LogP contribution in [0.25, 0.3) is 0 Å². The van der Waals surface area contributed by atoms with Crippen molar-refractivity contribution in [2.24, 2.45) is 0 Å². The SMILES string of the molecule is CCOC(=O)NNC(=O)c1csc(C2CCN(C(=O)NCCC3=CCCCC3)CC2)n1. The van der Waals surface area contributed by atoms with Crippen molar-refractivity contribution in [1.82, 2.24) is 26.1 Å². The van der Waals surface area contributed by atoms with Crippen molar-refractivity contribution in [3.8, 4) is 0 Å². The second kappa shape index (κ2) is 11.7. The molecule has 2 aliphatic rings. The topological polar surface area (TPSA) is 113 Å². The van der Waals surface area contributed by atoms with Crippen molar-refractivity contribution in [3.05, 3.63) is 27.7 Å². The summed E-state index contributed by atoms with van der Waals surface area (Å²) in [5.41, 5.74) is 6.18. The fourth-order valence-electron chi connectivity index (χ4n) is 3.82. The molecule has 9 nitrogen and oxygen atoms in total. The Bertz CT molecular complexity index is 801. The summed E-state index contributed by atoms with van der Waals surface area (Å²) < 4.78 is 4.69. The maximum atomic E-state index is 12.4. The Morgan fingerprint density at radius 1 is 1.23 bits per heavy atom. The molecule has 0 spiro atoms. The number of rotatable bonds is 6. The van der Waals surface area contributed by atoms with E-state index in [1.165, 1.54) is 36.2 Å². The summed E-state index contributed by atoms with van der Waals surface area (Å²) in [6.07, 6.45) is 9.03. The first kappa shape index (κ1) is 23.1. The van der Waals surface area contributed by atoms with Gasteiger partial charge in [0.2, 0.25) is 0 Å². The molecular formula is C21H31N5O4S. The molecule has 1 fully saturated rings. The van der Waals surface area contributed by atoms with Crippen molar-refractivity contribution in [2.45, 2.75) is 57.8 Å². The highest BCUT2D eigenvalue weighted by Gasteiger charge is 2.26. The van der Waals surface area contributed by atoms with Crippen LogP contribution in [0.2, 0.25) is 0 Å². The van der Waals surface area contributed by atoms with E-state index in [0.29, 0.717) is 19.6 Å². The van der Waals surface area contributed by atoms with Gasteiger partial charge in [0.05, 0.1) is 11.6 Å². The molecule has 1 saturated heterocycles. The lowest BCUT2D eigenvalue weighted by Gasteiger charge is -2.31. The number of ether oxygens (including phenoxy) is 1. The first-order chi connectivity index (χ1) is 15.1. The van der Waals surface area contributed by atoms with Gasteiger partial charge in [0.1, 0.15) is 5.69 Å². The number of hydrazine groups is 1. The Hall–Kier alpha value is -2.62. The third-order valence-corrected chi connectivity index (χ3v) is 6.55. The number of aromatic nitrogens is 1. The second-order valence-corrected chi connectivity index (χ2v) is 8.61. The number of urea groups is 1. The predicted molar refractivity (Wildman–Crippen MR) is 118 cm³/mol. The van der Waals surface area contributed by atoms with Gasteiger partial charge in [-0.1, -0.05) is 11.6 Å². The summed E-state index contributed by atoms with van der Waals surface area (Å²) in [5.74, 6) is -0.263. The van der Waals surface area contributed by atoms with Gasteiger partial charge in [-0.05, 0) is 51.9 Å². The Balaban J connectivity index is 1.39. The van der Waals surface area contributed by atoms with Crippen LogP contribution in [0.15, 0.2) is 17.0 Å². The van der Waals surface area contributed by atoms with E-state index in [1.54, 1.807) is 12.3 Å². The van der Waals surface area contributed by atoms with Gasteiger partial charge >= 0.3 is 12.1 Å². The lowest BCUT2D eigenvalue weighted by Crippen LogP contribution is -2.44. The molecule has 0 aromatic carbocycles. The van der Waals surface area contributed by atoms with Crippen LogP contribution in [-0.2, 0) is 4.74 Å². The van der Waals surface area contributed by atoms with Crippen LogP contribution in [-0.4, -0.2) is 54.2 Å². The van der Waals surface area contributed by atoms with Gasteiger partial charge in [0, 0.05) is 30.9 Å². The molecule has 4 amide bonds. The van der Waals surface area contributed by atoms with Crippen LogP contribution in [0.5, 0.6) is 0 Å². The zero-order valence-electron chi connectivity index (χ0n) is 17.9.